The summed E-state index contributed by atoms with van der Waals surface area (Å²) in [5, 5.41) is 0. The topological polar surface area (TPSA) is 55.6 Å². The molecular formula is C7H16N2O2. The van der Waals surface area contributed by atoms with E-state index in [1.165, 1.54) is 12.0 Å². The van der Waals surface area contributed by atoms with Crippen molar-refractivity contribution in [3.05, 3.63) is 0 Å². The van der Waals surface area contributed by atoms with Gasteiger partial charge in [-0.15, -0.1) is 0 Å². The maximum absolute atomic E-state index is 11.2. The highest BCUT2D eigenvalue weighted by Gasteiger charge is 2.21. The normalized spacial score (nSPS) is 15.7. The van der Waals surface area contributed by atoms with E-state index in [9.17, 15) is 4.79 Å². The molecule has 0 aromatic rings. The third-order valence-corrected chi connectivity index (χ3v) is 1.60. The molecule has 0 spiro atoms. The first-order valence-corrected chi connectivity index (χ1v) is 3.50. The first-order valence-electron chi connectivity index (χ1n) is 3.50. The van der Waals surface area contributed by atoms with Crippen molar-refractivity contribution in [1.29, 1.82) is 0 Å². The fourth-order valence-electron chi connectivity index (χ4n) is 0.646. The molecule has 0 unspecified atom stereocenters. The van der Waals surface area contributed by atoms with Crippen LogP contribution in [0.3, 0.4) is 0 Å². The summed E-state index contributed by atoms with van der Waals surface area (Å²) in [4.78, 5) is 12.6. The maximum Gasteiger partial charge on any atom is 0.241 e. The Labute approximate surface area is 67.3 Å². The van der Waals surface area contributed by atoms with E-state index in [0.717, 1.165) is 0 Å². The van der Waals surface area contributed by atoms with Crippen molar-refractivity contribution in [3.8, 4) is 0 Å². The summed E-state index contributed by atoms with van der Waals surface area (Å²) in [6.45, 7) is 1.77. The number of ether oxygens (including phenoxy) is 1. The molecule has 66 valence electrons. The third kappa shape index (κ3) is 2.86. The summed E-state index contributed by atoms with van der Waals surface area (Å²) in [7, 11) is 4.88. The van der Waals surface area contributed by atoms with E-state index in [0.29, 0.717) is 0 Å². The summed E-state index contributed by atoms with van der Waals surface area (Å²) in [5.41, 5.74) is 5.56. The van der Waals surface area contributed by atoms with Crippen LogP contribution in [0.25, 0.3) is 0 Å². The Morgan fingerprint density at radius 2 is 2.00 bits per heavy atom. The van der Waals surface area contributed by atoms with Gasteiger partial charge in [0.15, 0.2) is 0 Å². The van der Waals surface area contributed by atoms with Crippen LogP contribution in [0.5, 0.6) is 0 Å². The number of rotatable bonds is 3. The number of carbonyl (C=O) groups is 1. The number of carbonyl (C=O) groups excluding carboxylic acids is 1. The predicted molar refractivity (Wildman–Crippen MR) is 43.1 cm³/mol. The Balaban J connectivity index is 4.02. The van der Waals surface area contributed by atoms with E-state index < -0.39 is 6.04 Å². The molecule has 0 saturated heterocycles. The number of likely N-dealkylation sites (N-methyl/N-ethyl adjacent to an activating group) is 1. The fraction of sp³-hybridized carbons (Fsp3) is 0.857. The molecule has 0 radical (unpaired) electrons. The lowest BCUT2D eigenvalue weighted by Crippen LogP contribution is -2.47. The van der Waals surface area contributed by atoms with Crippen LogP contribution < -0.4 is 5.73 Å². The predicted octanol–water partition coefficient (Wildman–Crippen LogP) is -0.563. The Morgan fingerprint density at radius 1 is 1.55 bits per heavy atom. The molecule has 0 saturated carbocycles. The van der Waals surface area contributed by atoms with Crippen LogP contribution in [0.1, 0.15) is 6.92 Å². The molecule has 0 aliphatic carbocycles. The molecule has 2 N–H and O–H groups in total. The van der Waals surface area contributed by atoms with Crippen LogP contribution in [0.4, 0.5) is 0 Å². The van der Waals surface area contributed by atoms with Gasteiger partial charge in [0.25, 0.3) is 0 Å². The third-order valence-electron chi connectivity index (χ3n) is 1.60. The maximum atomic E-state index is 11.2. The zero-order valence-corrected chi connectivity index (χ0v) is 7.50. The van der Waals surface area contributed by atoms with Crippen LogP contribution >= 0.6 is 0 Å². The quantitative estimate of drug-likeness (QED) is 0.602. The zero-order valence-electron chi connectivity index (χ0n) is 7.50. The minimum Gasteiger partial charge on any atom is -0.380 e. The molecule has 0 heterocycles. The molecule has 2 atom stereocenters. The van der Waals surface area contributed by atoms with Gasteiger partial charge in [0.2, 0.25) is 5.91 Å². The van der Waals surface area contributed by atoms with Gasteiger partial charge in [-0.05, 0) is 6.92 Å². The Morgan fingerprint density at radius 3 is 2.27 bits per heavy atom. The minimum atomic E-state index is -0.560. The van der Waals surface area contributed by atoms with E-state index in [1.807, 2.05) is 0 Å². The number of nitrogens with two attached hydrogens (primary N) is 1. The van der Waals surface area contributed by atoms with Crippen molar-refractivity contribution >= 4 is 5.91 Å². The Hall–Kier alpha value is -0.610. The molecule has 0 aromatic carbocycles. The lowest BCUT2D eigenvalue weighted by atomic mass is 10.2. The van der Waals surface area contributed by atoms with Gasteiger partial charge in [0.05, 0.1) is 6.10 Å². The minimum absolute atomic E-state index is 0.112. The standard InChI is InChI=1S/C7H16N2O2/c1-5(11-4)6(8)7(10)9(2)3/h5-6H,8H2,1-4H3/t5-,6+/m1/s1. The van der Waals surface area contributed by atoms with Crippen LogP contribution in [0.2, 0.25) is 0 Å². The molecule has 0 aromatic heterocycles. The highest BCUT2D eigenvalue weighted by molar-refractivity contribution is 5.81. The number of hydrogen-bond acceptors (Lipinski definition) is 3. The van der Waals surface area contributed by atoms with E-state index in [-0.39, 0.29) is 12.0 Å². The van der Waals surface area contributed by atoms with E-state index >= 15 is 0 Å². The molecular weight excluding hydrogens is 144 g/mol. The lowest BCUT2D eigenvalue weighted by Gasteiger charge is -2.20. The van der Waals surface area contributed by atoms with E-state index in [1.54, 1.807) is 21.0 Å². The summed E-state index contributed by atoms with van der Waals surface area (Å²) < 4.78 is 4.91. The van der Waals surface area contributed by atoms with Crippen molar-refractivity contribution in [2.45, 2.75) is 19.1 Å². The van der Waals surface area contributed by atoms with Crippen molar-refractivity contribution in [2.24, 2.45) is 5.73 Å². The van der Waals surface area contributed by atoms with Gasteiger partial charge in [0, 0.05) is 21.2 Å². The van der Waals surface area contributed by atoms with Gasteiger partial charge in [-0.2, -0.15) is 0 Å². The van der Waals surface area contributed by atoms with Crippen LogP contribution in [-0.4, -0.2) is 44.2 Å². The van der Waals surface area contributed by atoms with Crippen molar-refractivity contribution in [1.82, 2.24) is 4.90 Å². The van der Waals surface area contributed by atoms with Gasteiger partial charge in [0.1, 0.15) is 6.04 Å². The molecule has 0 fully saturated rings. The van der Waals surface area contributed by atoms with Gasteiger partial charge >= 0.3 is 0 Å². The summed E-state index contributed by atoms with van der Waals surface area (Å²) in [6.07, 6.45) is -0.232. The number of hydrogen-bond donors (Lipinski definition) is 1. The smallest absolute Gasteiger partial charge is 0.241 e. The summed E-state index contributed by atoms with van der Waals surface area (Å²) in [5.74, 6) is -0.112. The molecule has 4 nitrogen and oxygen atoms in total. The van der Waals surface area contributed by atoms with Crippen LogP contribution in [0, 0.1) is 0 Å². The average molecular weight is 160 g/mol. The number of nitrogens with zero attached hydrogens (tertiary/aromatic N) is 1. The highest BCUT2D eigenvalue weighted by atomic mass is 16.5. The largest absolute Gasteiger partial charge is 0.380 e. The van der Waals surface area contributed by atoms with Gasteiger partial charge in [-0.1, -0.05) is 0 Å². The van der Waals surface area contributed by atoms with Gasteiger partial charge in [-0.25, -0.2) is 0 Å². The average Bonchev–Trinajstić information content (AvgIpc) is 2.00. The molecule has 0 rings (SSSR count). The molecule has 0 aliphatic rings. The SMILES string of the molecule is CO[C@H](C)[C@H](N)C(=O)N(C)C. The van der Waals surface area contributed by atoms with Gasteiger partial charge in [-0.3, -0.25) is 4.79 Å². The lowest BCUT2D eigenvalue weighted by molar-refractivity contribution is -0.132. The highest BCUT2D eigenvalue weighted by Crippen LogP contribution is 1.96. The Bertz CT molecular complexity index is 136. The van der Waals surface area contributed by atoms with Gasteiger partial charge < -0.3 is 15.4 Å². The fourth-order valence-corrected chi connectivity index (χ4v) is 0.646. The summed E-state index contributed by atoms with van der Waals surface area (Å²) in [6, 6.07) is -0.560. The number of methoxy groups -OCH3 is 1. The van der Waals surface area contributed by atoms with Crippen molar-refractivity contribution in [2.75, 3.05) is 21.2 Å². The summed E-state index contributed by atoms with van der Waals surface area (Å²) >= 11 is 0. The molecule has 0 aliphatic heterocycles. The zero-order chi connectivity index (χ0) is 9.02. The van der Waals surface area contributed by atoms with Crippen LogP contribution in [0.15, 0.2) is 0 Å². The second-order valence-corrected chi connectivity index (χ2v) is 2.70. The number of amides is 1. The second kappa shape index (κ2) is 4.31. The first-order chi connectivity index (χ1) is 5.00. The van der Waals surface area contributed by atoms with Crippen molar-refractivity contribution in [3.63, 3.8) is 0 Å². The monoisotopic (exact) mass is 160 g/mol. The Kier molecular flexibility index (Phi) is 4.07. The molecule has 1 amide bonds. The van der Waals surface area contributed by atoms with E-state index in [2.05, 4.69) is 0 Å². The molecule has 0 bridgehead atoms. The first kappa shape index (κ1) is 10.4. The van der Waals surface area contributed by atoms with Crippen LogP contribution in [-0.2, 0) is 9.53 Å². The van der Waals surface area contributed by atoms with E-state index in [4.69, 9.17) is 10.5 Å². The van der Waals surface area contributed by atoms with Crippen molar-refractivity contribution < 1.29 is 9.53 Å². The molecule has 4 heteroatoms. The second-order valence-electron chi connectivity index (χ2n) is 2.70. The molecule has 11 heavy (non-hydrogen) atoms.